The molecule has 24 heavy (non-hydrogen) atoms. The molecule has 0 heterocycles. The van der Waals surface area contributed by atoms with Crippen molar-refractivity contribution in [3.63, 3.8) is 0 Å². The fraction of sp³-hybridized carbons (Fsp3) is 0.278. The van der Waals surface area contributed by atoms with Crippen LogP contribution < -0.4 is 4.74 Å². The Balaban J connectivity index is 2.01. The van der Waals surface area contributed by atoms with Crippen molar-refractivity contribution in [2.45, 2.75) is 25.6 Å². The van der Waals surface area contributed by atoms with Gasteiger partial charge in [0.1, 0.15) is 12.4 Å². The number of alkyl halides is 2. The van der Waals surface area contributed by atoms with Crippen LogP contribution in [0.4, 0.5) is 8.78 Å². The Kier molecular flexibility index (Phi) is 5.87. The molecule has 2 rings (SSSR count). The first-order chi connectivity index (χ1) is 11.4. The van der Waals surface area contributed by atoms with E-state index in [0.29, 0.717) is 12.4 Å². The number of halogens is 2. The molecule has 0 bridgehead atoms. The minimum atomic E-state index is -4.01. The molecule has 1 atom stereocenters. The number of hydrogen-bond donors (Lipinski definition) is 1. The maximum absolute atomic E-state index is 13.8. The minimum Gasteiger partial charge on any atom is -0.489 e. The molecule has 0 aromatic heterocycles. The molecule has 0 radical (unpaired) electrons. The van der Waals surface area contributed by atoms with Crippen LogP contribution in [-0.2, 0) is 16.1 Å². The number of aliphatic hydroxyl groups is 1. The molecular weight excluding hydrogens is 318 g/mol. The number of benzene rings is 2. The zero-order valence-electron chi connectivity index (χ0n) is 13.1. The summed E-state index contributed by atoms with van der Waals surface area (Å²) in [5, 5.41) is 9.75. The molecule has 128 valence electrons. The van der Waals surface area contributed by atoms with Gasteiger partial charge in [-0.15, -0.1) is 0 Å². The quantitative estimate of drug-likeness (QED) is 0.786. The van der Waals surface area contributed by atoms with E-state index in [-0.39, 0.29) is 12.2 Å². The maximum atomic E-state index is 13.8. The molecule has 0 fully saturated rings. The van der Waals surface area contributed by atoms with Crippen molar-refractivity contribution in [3.8, 4) is 5.75 Å². The molecule has 2 aromatic rings. The lowest BCUT2D eigenvalue weighted by Crippen LogP contribution is -2.37. The summed E-state index contributed by atoms with van der Waals surface area (Å²) < 4.78 is 37.4. The van der Waals surface area contributed by atoms with Gasteiger partial charge in [0.05, 0.1) is 6.61 Å². The highest BCUT2D eigenvalue weighted by molar-refractivity contribution is 5.78. The Bertz CT molecular complexity index is 656. The largest absolute Gasteiger partial charge is 0.489 e. The van der Waals surface area contributed by atoms with E-state index in [9.17, 15) is 18.7 Å². The lowest BCUT2D eigenvalue weighted by atomic mass is 10.0. The fourth-order valence-electron chi connectivity index (χ4n) is 2.04. The molecule has 1 unspecified atom stereocenters. The Labute approximate surface area is 138 Å². The van der Waals surface area contributed by atoms with Crippen molar-refractivity contribution in [1.29, 1.82) is 0 Å². The number of esters is 1. The first-order valence-electron chi connectivity index (χ1n) is 7.45. The zero-order chi connectivity index (χ0) is 17.6. The number of carbonyl (C=O) groups excluding carboxylic acids is 1. The molecular formula is C18H18F2O4. The van der Waals surface area contributed by atoms with Crippen molar-refractivity contribution >= 4 is 5.97 Å². The van der Waals surface area contributed by atoms with Gasteiger partial charge in [0.25, 0.3) is 0 Å². The zero-order valence-corrected chi connectivity index (χ0v) is 13.1. The molecule has 0 aliphatic heterocycles. The third-order valence-electron chi connectivity index (χ3n) is 3.34. The van der Waals surface area contributed by atoms with Gasteiger partial charge in [-0.3, -0.25) is 0 Å². The van der Waals surface area contributed by atoms with E-state index in [1.807, 2.05) is 30.3 Å². The Morgan fingerprint density at radius 3 is 2.33 bits per heavy atom. The van der Waals surface area contributed by atoms with E-state index in [4.69, 9.17) is 4.74 Å². The Hall–Kier alpha value is -2.47. The summed E-state index contributed by atoms with van der Waals surface area (Å²) >= 11 is 0. The second-order valence-electron chi connectivity index (χ2n) is 5.09. The fourth-order valence-corrected chi connectivity index (χ4v) is 2.04. The number of hydrogen-bond acceptors (Lipinski definition) is 4. The second-order valence-corrected chi connectivity index (χ2v) is 5.09. The van der Waals surface area contributed by atoms with Crippen LogP contribution >= 0.6 is 0 Å². The first-order valence-corrected chi connectivity index (χ1v) is 7.45. The van der Waals surface area contributed by atoms with E-state index in [1.54, 1.807) is 0 Å². The standard InChI is InChI=1S/C18H18F2O4/c1-2-23-17(22)18(19,20)16(21)14-8-10-15(11-9-14)24-12-13-6-4-3-5-7-13/h3-11,16,21H,2,12H2,1H3. The van der Waals surface area contributed by atoms with E-state index in [0.717, 1.165) is 5.56 Å². The maximum Gasteiger partial charge on any atom is 0.380 e. The molecule has 0 aliphatic rings. The first kappa shape index (κ1) is 17.9. The summed E-state index contributed by atoms with van der Waals surface area (Å²) in [5.41, 5.74) is 0.871. The molecule has 6 heteroatoms. The summed E-state index contributed by atoms with van der Waals surface area (Å²) in [4.78, 5) is 11.2. The van der Waals surface area contributed by atoms with Crippen LogP contribution in [0.5, 0.6) is 5.75 Å². The smallest absolute Gasteiger partial charge is 0.380 e. The van der Waals surface area contributed by atoms with Crippen LogP contribution in [-0.4, -0.2) is 23.6 Å². The summed E-state index contributed by atoms with van der Waals surface area (Å²) in [5.74, 6) is -5.29. The summed E-state index contributed by atoms with van der Waals surface area (Å²) in [6, 6.07) is 15.0. The van der Waals surface area contributed by atoms with Gasteiger partial charge in [0.2, 0.25) is 0 Å². The van der Waals surface area contributed by atoms with Crippen molar-refractivity contribution in [2.24, 2.45) is 0 Å². The molecule has 0 saturated heterocycles. The molecule has 0 saturated carbocycles. The van der Waals surface area contributed by atoms with E-state index in [1.165, 1.54) is 31.2 Å². The van der Waals surface area contributed by atoms with Crippen molar-refractivity contribution in [2.75, 3.05) is 6.61 Å². The molecule has 4 nitrogen and oxygen atoms in total. The van der Waals surface area contributed by atoms with Gasteiger partial charge in [-0.05, 0) is 30.2 Å². The van der Waals surface area contributed by atoms with Gasteiger partial charge >= 0.3 is 11.9 Å². The van der Waals surface area contributed by atoms with Crippen LogP contribution in [0.3, 0.4) is 0 Å². The van der Waals surface area contributed by atoms with Gasteiger partial charge in [-0.2, -0.15) is 8.78 Å². The normalized spacial score (nSPS) is 12.5. The number of ether oxygens (including phenoxy) is 2. The molecule has 1 N–H and O–H groups in total. The summed E-state index contributed by atoms with van der Waals surface area (Å²) in [6.45, 7) is 1.56. The molecule has 0 amide bonds. The van der Waals surface area contributed by atoms with E-state index < -0.39 is 18.0 Å². The molecule has 2 aromatic carbocycles. The number of aliphatic hydroxyl groups excluding tert-OH is 1. The van der Waals surface area contributed by atoms with E-state index >= 15 is 0 Å². The van der Waals surface area contributed by atoms with Crippen molar-refractivity contribution in [3.05, 3.63) is 65.7 Å². The van der Waals surface area contributed by atoms with Crippen LogP contribution in [0, 0.1) is 0 Å². The van der Waals surface area contributed by atoms with Gasteiger partial charge in [0.15, 0.2) is 6.10 Å². The second kappa shape index (κ2) is 7.88. The third-order valence-corrected chi connectivity index (χ3v) is 3.34. The highest BCUT2D eigenvalue weighted by Crippen LogP contribution is 2.33. The van der Waals surface area contributed by atoms with Crippen molar-refractivity contribution in [1.82, 2.24) is 0 Å². The molecule has 0 spiro atoms. The minimum absolute atomic E-state index is 0.0971. The van der Waals surface area contributed by atoms with Gasteiger partial charge in [0, 0.05) is 0 Å². The Morgan fingerprint density at radius 1 is 1.12 bits per heavy atom. The van der Waals surface area contributed by atoms with E-state index in [2.05, 4.69) is 4.74 Å². The average molecular weight is 336 g/mol. The topological polar surface area (TPSA) is 55.8 Å². The highest BCUT2D eigenvalue weighted by Gasteiger charge is 2.48. The third kappa shape index (κ3) is 4.29. The predicted octanol–water partition coefficient (Wildman–Crippen LogP) is 3.50. The summed E-state index contributed by atoms with van der Waals surface area (Å²) in [6.07, 6.45) is -2.28. The van der Waals surface area contributed by atoms with Gasteiger partial charge in [-0.1, -0.05) is 42.5 Å². The SMILES string of the molecule is CCOC(=O)C(F)(F)C(O)c1ccc(OCc2ccccc2)cc1. The number of carbonyl (C=O) groups is 1. The predicted molar refractivity (Wildman–Crippen MR) is 83.8 cm³/mol. The lowest BCUT2D eigenvalue weighted by Gasteiger charge is -2.21. The van der Waals surface area contributed by atoms with Crippen molar-refractivity contribution < 1.29 is 28.2 Å². The number of rotatable bonds is 7. The van der Waals surface area contributed by atoms with Crippen LogP contribution in [0.1, 0.15) is 24.2 Å². The van der Waals surface area contributed by atoms with Crippen LogP contribution in [0.15, 0.2) is 54.6 Å². The summed E-state index contributed by atoms with van der Waals surface area (Å²) in [7, 11) is 0. The molecule has 0 aliphatic carbocycles. The Morgan fingerprint density at radius 2 is 1.75 bits per heavy atom. The average Bonchev–Trinajstić information content (AvgIpc) is 2.61. The van der Waals surface area contributed by atoms with Gasteiger partial charge < -0.3 is 14.6 Å². The van der Waals surface area contributed by atoms with Crippen LogP contribution in [0.25, 0.3) is 0 Å². The van der Waals surface area contributed by atoms with Crippen LogP contribution in [0.2, 0.25) is 0 Å². The highest BCUT2D eigenvalue weighted by atomic mass is 19.3. The van der Waals surface area contributed by atoms with Gasteiger partial charge in [-0.25, -0.2) is 4.79 Å². The monoisotopic (exact) mass is 336 g/mol. The lowest BCUT2D eigenvalue weighted by molar-refractivity contribution is -0.189.